The fourth-order valence-electron chi connectivity index (χ4n) is 9.09. The predicted octanol–water partition coefficient (Wildman–Crippen LogP) is 7.43. The van der Waals surface area contributed by atoms with Crippen molar-refractivity contribution in [2.24, 2.45) is 65.1 Å². The van der Waals surface area contributed by atoms with Crippen molar-refractivity contribution in [3.05, 3.63) is 0 Å². The molecule has 0 aromatic rings. The molecule has 8 atom stereocenters. The van der Waals surface area contributed by atoms with Gasteiger partial charge in [-0.3, -0.25) is 0 Å². The first-order valence-electron chi connectivity index (χ1n) is 12.1. The van der Waals surface area contributed by atoms with Gasteiger partial charge in [0.05, 0.1) is 0 Å². The minimum absolute atomic E-state index is 1.05. The van der Waals surface area contributed by atoms with Gasteiger partial charge in [0, 0.05) is 0 Å². The van der Waals surface area contributed by atoms with Crippen LogP contribution < -0.4 is 0 Å². The average Bonchev–Trinajstić information content (AvgIpc) is 3.39. The molecule has 144 valence electrons. The molecule has 6 aliphatic carbocycles. The van der Waals surface area contributed by atoms with Gasteiger partial charge in [0.2, 0.25) is 0 Å². The molecule has 8 unspecified atom stereocenters. The quantitative estimate of drug-likeness (QED) is 0.428. The van der Waals surface area contributed by atoms with Gasteiger partial charge < -0.3 is 0 Å². The SMILES string of the molecule is CC.CC1CC2C3CCC(C3)C2C1.CC1CC2C3CCC(C3C)C2C1. The highest BCUT2D eigenvalue weighted by molar-refractivity contribution is 5.04. The van der Waals surface area contributed by atoms with Crippen LogP contribution in [-0.4, -0.2) is 0 Å². The predicted molar refractivity (Wildman–Crippen MR) is 108 cm³/mol. The van der Waals surface area contributed by atoms with E-state index in [2.05, 4.69) is 20.8 Å². The molecule has 0 aromatic heterocycles. The molecule has 0 nitrogen and oxygen atoms in total. The van der Waals surface area contributed by atoms with E-state index < -0.39 is 0 Å². The number of hydrogen-bond donors (Lipinski definition) is 0. The second kappa shape index (κ2) is 7.20. The fraction of sp³-hybridized carbons (Fsp3) is 1.00. The zero-order valence-corrected chi connectivity index (χ0v) is 17.7. The van der Waals surface area contributed by atoms with Crippen LogP contribution in [-0.2, 0) is 0 Å². The van der Waals surface area contributed by atoms with Crippen LogP contribution in [0.4, 0.5) is 0 Å². The molecule has 0 saturated heterocycles. The van der Waals surface area contributed by atoms with Crippen molar-refractivity contribution < 1.29 is 0 Å². The van der Waals surface area contributed by atoms with Crippen LogP contribution in [0.3, 0.4) is 0 Å². The summed E-state index contributed by atoms with van der Waals surface area (Å²) in [6.45, 7) is 11.4. The Bertz CT molecular complexity index is 415. The molecule has 0 amide bonds. The molecule has 6 aliphatic rings. The minimum atomic E-state index is 1.05. The Morgan fingerprint density at radius 2 is 0.840 bits per heavy atom. The van der Waals surface area contributed by atoms with E-state index in [0.717, 1.165) is 41.4 Å². The lowest BCUT2D eigenvalue weighted by Crippen LogP contribution is -2.15. The Morgan fingerprint density at radius 3 is 1.28 bits per heavy atom. The minimum Gasteiger partial charge on any atom is -0.0683 e. The molecule has 25 heavy (non-hydrogen) atoms. The third-order valence-electron chi connectivity index (χ3n) is 9.81. The van der Waals surface area contributed by atoms with Crippen LogP contribution in [0.5, 0.6) is 0 Å². The van der Waals surface area contributed by atoms with Gasteiger partial charge >= 0.3 is 0 Å². The highest BCUT2D eigenvalue weighted by Gasteiger charge is 2.55. The Kier molecular flexibility index (Phi) is 5.29. The van der Waals surface area contributed by atoms with Crippen molar-refractivity contribution in [3.8, 4) is 0 Å². The van der Waals surface area contributed by atoms with E-state index in [1.807, 2.05) is 13.8 Å². The van der Waals surface area contributed by atoms with Gasteiger partial charge in [-0.15, -0.1) is 0 Å². The van der Waals surface area contributed by atoms with Gasteiger partial charge in [-0.05, 0) is 123 Å². The van der Waals surface area contributed by atoms with E-state index in [-0.39, 0.29) is 0 Å². The summed E-state index contributed by atoms with van der Waals surface area (Å²) in [5, 5.41) is 0. The van der Waals surface area contributed by atoms with Crippen molar-refractivity contribution in [1.29, 1.82) is 0 Å². The van der Waals surface area contributed by atoms with Crippen molar-refractivity contribution >= 4 is 0 Å². The normalized spacial score (nSPS) is 56.8. The Morgan fingerprint density at radius 1 is 0.440 bits per heavy atom. The monoisotopic (exact) mass is 344 g/mol. The van der Waals surface area contributed by atoms with Crippen LogP contribution in [0.1, 0.15) is 92.4 Å². The highest BCUT2D eigenvalue weighted by Crippen LogP contribution is 2.62. The lowest BCUT2D eigenvalue weighted by atomic mass is 9.82. The van der Waals surface area contributed by atoms with Crippen LogP contribution in [0.15, 0.2) is 0 Å². The topological polar surface area (TPSA) is 0 Å². The maximum absolute atomic E-state index is 2.52. The van der Waals surface area contributed by atoms with Crippen molar-refractivity contribution in [3.63, 3.8) is 0 Å². The van der Waals surface area contributed by atoms with Crippen LogP contribution in [0.2, 0.25) is 0 Å². The van der Waals surface area contributed by atoms with Gasteiger partial charge in [-0.1, -0.05) is 34.6 Å². The highest BCUT2D eigenvalue weighted by atomic mass is 14.6. The lowest BCUT2D eigenvalue weighted by molar-refractivity contribution is 0.259. The fourth-order valence-corrected chi connectivity index (χ4v) is 9.09. The third kappa shape index (κ3) is 3.02. The van der Waals surface area contributed by atoms with E-state index in [4.69, 9.17) is 0 Å². The molecule has 0 radical (unpaired) electrons. The Hall–Kier alpha value is 0. The largest absolute Gasteiger partial charge is 0.0683 e. The lowest BCUT2D eigenvalue weighted by Gasteiger charge is -2.23. The third-order valence-corrected chi connectivity index (χ3v) is 9.81. The molecule has 0 heterocycles. The van der Waals surface area contributed by atoms with Crippen molar-refractivity contribution in [2.75, 3.05) is 0 Å². The molecule has 6 rings (SSSR count). The molecule has 0 N–H and O–H groups in total. The maximum Gasteiger partial charge on any atom is -0.0349 e. The molecular formula is C25H44. The van der Waals surface area contributed by atoms with Crippen LogP contribution >= 0.6 is 0 Å². The van der Waals surface area contributed by atoms with E-state index in [0.29, 0.717) is 0 Å². The summed E-state index contributed by atoms with van der Waals surface area (Å²) >= 11 is 0. The molecule has 4 bridgehead atoms. The van der Waals surface area contributed by atoms with Gasteiger partial charge in [-0.2, -0.15) is 0 Å². The molecule has 0 aliphatic heterocycles. The van der Waals surface area contributed by atoms with E-state index in [1.165, 1.54) is 23.7 Å². The number of rotatable bonds is 0. The maximum atomic E-state index is 2.52. The molecule has 0 aromatic carbocycles. The number of hydrogen-bond acceptors (Lipinski definition) is 0. The first kappa shape index (κ1) is 18.4. The zero-order chi connectivity index (χ0) is 17.7. The first-order valence-corrected chi connectivity index (χ1v) is 12.1. The summed E-state index contributed by atoms with van der Waals surface area (Å²) < 4.78 is 0. The molecule has 0 spiro atoms. The Balaban J connectivity index is 0.000000115. The van der Waals surface area contributed by atoms with Gasteiger partial charge in [-0.25, -0.2) is 0 Å². The standard InChI is InChI=1S/C12H20.C11H18.C2H6/c1-7-5-11-9-3-4-10(8(9)2)12(11)6-7;1-7-4-10-8-2-3-9(6-8)11(10)5-7;1-2/h7-12H,3-6H2,1-2H3;7-11H,2-6H2,1H3;1-2H3. The Labute approximate surface area is 157 Å². The summed E-state index contributed by atoms with van der Waals surface area (Å²) in [5.74, 6) is 12.5. The molecule has 0 heteroatoms. The summed E-state index contributed by atoms with van der Waals surface area (Å²) in [6, 6.07) is 0. The smallest absolute Gasteiger partial charge is 0.0349 e. The zero-order valence-electron chi connectivity index (χ0n) is 17.7. The first-order chi connectivity index (χ1) is 12.1. The second-order valence-electron chi connectivity index (χ2n) is 10.9. The van der Waals surface area contributed by atoms with E-state index >= 15 is 0 Å². The van der Waals surface area contributed by atoms with Gasteiger partial charge in [0.1, 0.15) is 0 Å². The van der Waals surface area contributed by atoms with E-state index in [9.17, 15) is 0 Å². The second-order valence-corrected chi connectivity index (χ2v) is 10.9. The average molecular weight is 345 g/mol. The van der Waals surface area contributed by atoms with Crippen molar-refractivity contribution in [1.82, 2.24) is 0 Å². The van der Waals surface area contributed by atoms with Gasteiger partial charge in [0.25, 0.3) is 0 Å². The summed E-state index contributed by atoms with van der Waals surface area (Å²) in [5.41, 5.74) is 0. The number of fused-ring (bicyclic) bond motifs is 10. The van der Waals surface area contributed by atoms with E-state index in [1.54, 1.807) is 57.8 Å². The summed E-state index contributed by atoms with van der Waals surface area (Å²) in [6.07, 6.45) is 14.2. The summed E-state index contributed by atoms with van der Waals surface area (Å²) in [7, 11) is 0. The van der Waals surface area contributed by atoms with Crippen LogP contribution in [0, 0.1) is 65.1 Å². The summed E-state index contributed by atoms with van der Waals surface area (Å²) in [4.78, 5) is 0. The van der Waals surface area contributed by atoms with Gasteiger partial charge in [0.15, 0.2) is 0 Å². The molecule has 6 fully saturated rings. The molecule has 6 saturated carbocycles. The van der Waals surface area contributed by atoms with Crippen molar-refractivity contribution in [2.45, 2.75) is 92.4 Å². The van der Waals surface area contributed by atoms with Crippen LogP contribution in [0.25, 0.3) is 0 Å². The molecular weight excluding hydrogens is 300 g/mol.